The highest BCUT2D eigenvalue weighted by Gasteiger charge is 2.50. The summed E-state index contributed by atoms with van der Waals surface area (Å²) in [4.78, 5) is 21.4. The maximum atomic E-state index is 12.5. The fourth-order valence-electron chi connectivity index (χ4n) is 2.93. The number of alkyl halides is 3. The number of hydrogen-bond donors (Lipinski definition) is 3. The van der Waals surface area contributed by atoms with E-state index in [1.165, 1.54) is 19.2 Å². The van der Waals surface area contributed by atoms with Crippen LogP contribution < -0.4 is 14.8 Å². The van der Waals surface area contributed by atoms with E-state index in [9.17, 15) is 26.4 Å². The van der Waals surface area contributed by atoms with Crippen molar-refractivity contribution in [3.8, 4) is 5.75 Å². The van der Waals surface area contributed by atoms with Gasteiger partial charge in [-0.05, 0) is 54.8 Å². The Balaban J connectivity index is 0.000000509. The van der Waals surface area contributed by atoms with Crippen LogP contribution in [0.25, 0.3) is 0 Å². The molecule has 0 aliphatic heterocycles. The van der Waals surface area contributed by atoms with Crippen LogP contribution in [-0.4, -0.2) is 45.2 Å². The summed E-state index contributed by atoms with van der Waals surface area (Å²) in [6, 6.07) is 13.1. The summed E-state index contributed by atoms with van der Waals surface area (Å²) in [7, 11) is -2.17. The van der Waals surface area contributed by atoms with E-state index in [4.69, 9.17) is 14.6 Å². The molecule has 2 aromatic rings. The molecule has 0 atom stereocenters. The van der Waals surface area contributed by atoms with Crippen LogP contribution in [0.3, 0.4) is 0 Å². The first-order chi connectivity index (χ1) is 15.9. The van der Waals surface area contributed by atoms with E-state index in [-0.39, 0.29) is 10.8 Å². The molecule has 184 valence electrons. The van der Waals surface area contributed by atoms with Crippen molar-refractivity contribution in [1.82, 2.24) is 5.32 Å². The monoisotopic (exact) mass is 500 g/mol. The van der Waals surface area contributed by atoms with Crippen LogP contribution in [0.15, 0.2) is 66.1 Å². The fourth-order valence-corrected chi connectivity index (χ4v) is 3.99. The molecule has 0 heterocycles. The largest absolute Gasteiger partial charge is 0.497 e. The zero-order valence-corrected chi connectivity index (χ0v) is 18.9. The van der Waals surface area contributed by atoms with Gasteiger partial charge < -0.3 is 15.2 Å². The Morgan fingerprint density at radius 1 is 1.12 bits per heavy atom. The standard InChI is InChI=1S/C20H22N2O4S.C2HF3O2/c1-3-14-21-19(23)20(12-13-20)15-4-6-16(7-5-15)22-27(24,25)18-10-8-17(26-2)9-11-18;3-2(4,5)1(6)7/h3-11,22H,1,12-14H2,2H3,(H,21,23);(H,6,7). The van der Waals surface area contributed by atoms with Crippen LogP contribution in [-0.2, 0) is 25.0 Å². The zero-order valence-electron chi connectivity index (χ0n) is 18.1. The maximum absolute atomic E-state index is 12.5. The molecule has 3 N–H and O–H groups in total. The molecule has 34 heavy (non-hydrogen) atoms. The second-order valence-electron chi connectivity index (χ2n) is 7.24. The molecule has 0 bridgehead atoms. The first-order valence-corrected chi connectivity index (χ1v) is 11.3. The number of anilines is 1. The predicted molar refractivity (Wildman–Crippen MR) is 118 cm³/mol. The summed E-state index contributed by atoms with van der Waals surface area (Å²) >= 11 is 0. The third-order valence-electron chi connectivity index (χ3n) is 4.89. The van der Waals surface area contributed by atoms with Crippen molar-refractivity contribution in [2.24, 2.45) is 0 Å². The van der Waals surface area contributed by atoms with Crippen LogP contribution in [0.2, 0.25) is 0 Å². The van der Waals surface area contributed by atoms with Crippen molar-refractivity contribution in [1.29, 1.82) is 0 Å². The molecule has 1 aliphatic rings. The summed E-state index contributed by atoms with van der Waals surface area (Å²) < 4.78 is 64.3. The van der Waals surface area contributed by atoms with Crippen molar-refractivity contribution in [3.05, 3.63) is 66.7 Å². The number of methoxy groups -OCH3 is 1. The number of amides is 1. The van der Waals surface area contributed by atoms with E-state index in [0.717, 1.165) is 18.4 Å². The van der Waals surface area contributed by atoms with Gasteiger partial charge in [-0.25, -0.2) is 13.2 Å². The highest BCUT2D eigenvalue weighted by molar-refractivity contribution is 7.92. The van der Waals surface area contributed by atoms with Crippen LogP contribution in [0.4, 0.5) is 18.9 Å². The minimum absolute atomic E-state index is 0.0195. The van der Waals surface area contributed by atoms with Gasteiger partial charge in [-0.2, -0.15) is 13.2 Å². The number of benzene rings is 2. The Hall–Kier alpha value is -3.54. The number of rotatable bonds is 8. The summed E-state index contributed by atoms with van der Waals surface area (Å²) in [5.41, 5.74) is 0.824. The van der Waals surface area contributed by atoms with E-state index >= 15 is 0 Å². The van der Waals surface area contributed by atoms with E-state index in [1.807, 2.05) is 0 Å². The average Bonchev–Trinajstić information content (AvgIpc) is 3.59. The molecule has 0 unspecified atom stereocenters. The van der Waals surface area contributed by atoms with Gasteiger partial charge in [0.25, 0.3) is 10.0 Å². The smallest absolute Gasteiger partial charge is 0.490 e. The summed E-state index contributed by atoms with van der Waals surface area (Å²) in [5, 5.41) is 9.96. The number of hydrogen-bond acceptors (Lipinski definition) is 5. The van der Waals surface area contributed by atoms with Gasteiger partial charge in [0, 0.05) is 12.2 Å². The van der Waals surface area contributed by atoms with Gasteiger partial charge >= 0.3 is 12.1 Å². The quantitative estimate of drug-likeness (QED) is 0.478. The molecule has 1 saturated carbocycles. The molecule has 1 amide bonds. The summed E-state index contributed by atoms with van der Waals surface area (Å²) in [5.74, 6) is -2.19. The third-order valence-corrected chi connectivity index (χ3v) is 6.29. The second-order valence-corrected chi connectivity index (χ2v) is 8.92. The SMILES string of the molecule is C=CCNC(=O)C1(c2ccc(NS(=O)(=O)c3ccc(OC)cc3)cc2)CC1.O=C(O)C(F)(F)F. The first-order valence-electron chi connectivity index (χ1n) is 9.82. The lowest BCUT2D eigenvalue weighted by Crippen LogP contribution is -2.34. The van der Waals surface area contributed by atoms with Crippen molar-refractivity contribution in [2.45, 2.75) is 29.3 Å². The Morgan fingerprint density at radius 2 is 1.65 bits per heavy atom. The van der Waals surface area contributed by atoms with E-state index in [0.29, 0.717) is 18.0 Å². The number of carbonyl (C=O) groups excluding carboxylic acids is 1. The van der Waals surface area contributed by atoms with Crippen molar-refractivity contribution in [3.63, 3.8) is 0 Å². The van der Waals surface area contributed by atoms with Crippen molar-refractivity contribution >= 4 is 27.6 Å². The molecule has 3 rings (SSSR count). The molecule has 0 spiro atoms. The highest BCUT2D eigenvalue weighted by atomic mass is 32.2. The Bertz CT molecular complexity index is 1130. The Kier molecular flexibility index (Phi) is 8.32. The molecule has 1 fully saturated rings. The molecular formula is C22H23F3N2O6S. The zero-order chi connectivity index (χ0) is 25.6. The van der Waals surface area contributed by atoms with Gasteiger partial charge in [-0.1, -0.05) is 18.2 Å². The fraction of sp³-hybridized carbons (Fsp3) is 0.273. The molecular weight excluding hydrogens is 477 g/mol. The molecule has 2 aromatic carbocycles. The number of ether oxygens (including phenoxy) is 1. The van der Waals surface area contributed by atoms with Gasteiger partial charge in [-0.15, -0.1) is 6.58 Å². The lowest BCUT2D eigenvalue weighted by atomic mass is 9.95. The van der Waals surface area contributed by atoms with Gasteiger partial charge in [0.2, 0.25) is 5.91 Å². The van der Waals surface area contributed by atoms with E-state index < -0.39 is 27.6 Å². The van der Waals surface area contributed by atoms with Crippen LogP contribution >= 0.6 is 0 Å². The minimum atomic E-state index is -5.08. The number of carboxylic acids is 1. The van der Waals surface area contributed by atoms with Crippen molar-refractivity contribution < 1.29 is 41.0 Å². The molecule has 12 heteroatoms. The Labute approximate surface area is 194 Å². The topological polar surface area (TPSA) is 122 Å². The number of sulfonamides is 1. The lowest BCUT2D eigenvalue weighted by molar-refractivity contribution is -0.192. The van der Waals surface area contributed by atoms with Gasteiger partial charge in [0.05, 0.1) is 17.4 Å². The average molecular weight is 500 g/mol. The van der Waals surface area contributed by atoms with E-state index in [1.54, 1.807) is 42.5 Å². The number of carboxylic acid groups (broad SMARTS) is 1. The number of carbonyl (C=O) groups is 2. The molecule has 0 radical (unpaired) electrons. The van der Waals surface area contributed by atoms with Gasteiger partial charge in [0.1, 0.15) is 5.75 Å². The van der Waals surface area contributed by atoms with Gasteiger partial charge in [0.15, 0.2) is 0 Å². The molecule has 0 aromatic heterocycles. The van der Waals surface area contributed by atoms with Crippen molar-refractivity contribution in [2.75, 3.05) is 18.4 Å². The number of halogens is 3. The molecule has 1 aliphatic carbocycles. The number of aliphatic carboxylic acids is 1. The van der Waals surface area contributed by atoms with Crippen LogP contribution in [0.1, 0.15) is 18.4 Å². The van der Waals surface area contributed by atoms with Crippen LogP contribution in [0, 0.1) is 0 Å². The van der Waals surface area contributed by atoms with Gasteiger partial charge in [-0.3, -0.25) is 9.52 Å². The minimum Gasteiger partial charge on any atom is -0.497 e. The lowest BCUT2D eigenvalue weighted by Gasteiger charge is -2.16. The van der Waals surface area contributed by atoms with Crippen LogP contribution in [0.5, 0.6) is 5.75 Å². The second kappa shape index (κ2) is 10.6. The normalized spacial score (nSPS) is 14.1. The maximum Gasteiger partial charge on any atom is 0.490 e. The summed E-state index contributed by atoms with van der Waals surface area (Å²) in [6.45, 7) is 4.03. The predicted octanol–water partition coefficient (Wildman–Crippen LogP) is 3.46. The molecule has 0 saturated heterocycles. The highest BCUT2D eigenvalue weighted by Crippen LogP contribution is 2.48. The molecule has 8 nitrogen and oxygen atoms in total. The third kappa shape index (κ3) is 6.73. The number of nitrogens with one attached hydrogen (secondary N) is 2. The van der Waals surface area contributed by atoms with E-state index in [2.05, 4.69) is 16.6 Å². The Morgan fingerprint density at radius 3 is 2.06 bits per heavy atom. The first kappa shape index (κ1) is 26.7. The summed E-state index contributed by atoms with van der Waals surface area (Å²) in [6.07, 6.45) is -1.87.